The molecule has 0 aromatic heterocycles. The number of rotatable bonds is 2. The zero-order valence-corrected chi connectivity index (χ0v) is 10.9. The van der Waals surface area contributed by atoms with Crippen molar-refractivity contribution in [3.63, 3.8) is 0 Å². The number of alkyl halides is 3. The minimum atomic E-state index is -4.31. The molecule has 0 saturated carbocycles. The summed E-state index contributed by atoms with van der Waals surface area (Å²) in [4.78, 5) is 11.4. The Kier molecular flexibility index (Phi) is 3.97. The van der Waals surface area contributed by atoms with Crippen molar-refractivity contribution in [1.82, 2.24) is 5.32 Å². The summed E-state index contributed by atoms with van der Waals surface area (Å²) in [6.07, 6.45) is 0.426. The number of nitrogens with one attached hydrogen (secondary N) is 1. The van der Waals surface area contributed by atoms with Crippen LogP contribution < -0.4 is 5.32 Å². The van der Waals surface area contributed by atoms with E-state index in [4.69, 9.17) is 0 Å². The van der Waals surface area contributed by atoms with Gasteiger partial charge in [-0.15, -0.1) is 0 Å². The van der Waals surface area contributed by atoms with Crippen LogP contribution in [0.2, 0.25) is 0 Å². The monoisotopic (exact) mass is 281 g/mol. The lowest BCUT2D eigenvalue weighted by Crippen LogP contribution is -2.20. The first-order valence-corrected chi connectivity index (χ1v) is 6.21. The van der Waals surface area contributed by atoms with E-state index < -0.39 is 11.7 Å². The van der Waals surface area contributed by atoms with Crippen LogP contribution in [0.5, 0.6) is 0 Å². The molecule has 1 N–H and O–H groups in total. The number of benzene rings is 1. The summed E-state index contributed by atoms with van der Waals surface area (Å²) in [5, 5.41) is 2.55. The van der Waals surface area contributed by atoms with Crippen LogP contribution in [0.1, 0.15) is 24.0 Å². The standard InChI is InChI=1S/C15H14F3NO/c1-19-14(20)12-4-2-10(3-5-12)11-6-8-13(9-7-11)15(16,17)18/h2,4,6-9H,3,5H2,1H3,(H,19,20). The van der Waals surface area contributed by atoms with Gasteiger partial charge in [0.15, 0.2) is 0 Å². The minimum Gasteiger partial charge on any atom is -0.355 e. The number of carbonyl (C=O) groups is 1. The van der Waals surface area contributed by atoms with Crippen molar-refractivity contribution in [3.8, 4) is 0 Å². The maximum atomic E-state index is 12.5. The van der Waals surface area contributed by atoms with Gasteiger partial charge in [-0.2, -0.15) is 13.2 Å². The van der Waals surface area contributed by atoms with E-state index in [1.54, 1.807) is 19.2 Å². The number of allylic oxidation sites excluding steroid dienone is 3. The lowest BCUT2D eigenvalue weighted by Gasteiger charge is -2.15. The predicted molar refractivity (Wildman–Crippen MR) is 70.8 cm³/mol. The van der Waals surface area contributed by atoms with Crippen LogP contribution in [0.25, 0.3) is 5.57 Å². The molecule has 1 amide bonds. The van der Waals surface area contributed by atoms with Crippen LogP contribution in [0.3, 0.4) is 0 Å². The molecule has 0 fully saturated rings. The molecule has 0 spiro atoms. The fourth-order valence-electron chi connectivity index (χ4n) is 2.10. The molecule has 0 radical (unpaired) electrons. The zero-order chi connectivity index (χ0) is 14.8. The minimum absolute atomic E-state index is 0.118. The Morgan fingerprint density at radius 3 is 2.20 bits per heavy atom. The van der Waals surface area contributed by atoms with E-state index in [1.165, 1.54) is 12.1 Å². The third-order valence-corrected chi connectivity index (χ3v) is 3.25. The first kappa shape index (κ1) is 14.4. The first-order valence-electron chi connectivity index (χ1n) is 6.21. The SMILES string of the molecule is CNC(=O)C1=CC=C(c2ccc(C(F)(F)F)cc2)CC1. The molecule has 0 atom stereocenters. The molecule has 2 nitrogen and oxygen atoms in total. The van der Waals surface area contributed by atoms with Crippen molar-refractivity contribution in [2.24, 2.45) is 0 Å². The predicted octanol–water partition coefficient (Wildman–Crippen LogP) is 3.56. The summed E-state index contributed by atoms with van der Waals surface area (Å²) in [5.74, 6) is -0.118. The number of hydrogen-bond acceptors (Lipinski definition) is 1. The summed E-state index contributed by atoms with van der Waals surface area (Å²) in [5.41, 5.74) is 1.72. The van der Waals surface area contributed by atoms with Crippen LogP contribution in [0.15, 0.2) is 42.0 Å². The summed E-state index contributed by atoms with van der Waals surface area (Å²) >= 11 is 0. The van der Waals surface area contributed by atoms with Crippen LogP contribution in [-0.4, -0.2) is 13.0 Å². The Hall–Kier alpha value is -2.04. The number of amides is 1. The first-order chi connectivity index (χ1) is 9.41. The van der Waals surface area contributed by atoms with Gasteiger partial charge in [0.05, 0.1) is 5.56 Å². The second-order valence-corrected chi connectivity index (χ2v) is 4.54. The van der Waals surface area contributed by atoms with Gasteiger partial charge >= 0.3 is 6.18 Å². The van der Waals surface area contributed by atoms with E-state index in [2.05, 4.69) is 5.32 Å². The second-order valence-electron chi connectivity index (χ2n) is 4.54. The van der Waals surface area contributed by atoms with Crippen molar-refractivity contribution in [1.29, 1.82) is 0 Å². The lowest BCUT2D eigenvalue weighted by molar-refractivity contribution is -0.137. The van der Waals surface area contributed by atoms with Gasteiger partial charge in [-0.3, -0.25) is 4.79 Å². The van der Waals surface area contributed by atoms with Crippen molar-refractivity contribution in [2.45, 2.75) is 19.0 Å². The molecule has 5 heteroatoms. The largest absolute Gasteiger partial charge is 0.416 e. The molecule has 1 aliphatic rings. The molecule has 0 heterocycles. The molecule has 0 unspecified atom stereocenters. The van der Waals surface area contributed by atoms with Crippen LogP contribution >= 0.6 is 0 Å². The third-order valence-electron chi connectivity index (χ3n) is 3.25. The second kappa shape index (κ2) is 5.53. The molecule has 2 rings (SSSR count). The van der Waals surface area contributed by atoms with Crippen molar-refractivity contribution in [3.05, 3.63) is 53.1 Å². The van der Waals surface area contributed by atoms with Crippen molar-refractivity contribution >= 4 is 11.5 Å². The van der Waals surface area contributed by atoms with E-state index in [0.717, 1.165) is 23.3 Å². The highest BCUT2D eigenvalue weighted by Crippen LogP contribution is 2.32. The Morgan fingerprint density at radius 2 is 1.75 bits per heavy atom. The van der Waals surface area contributed by atoms with Crippen molar-refractivity contribution in [2.75, 3.05) is 7.05 Å². The van der Waals surface area contributed by atoms with Gasteiger partial charge in [-0.05, 0) is 36.1 Å². The van der Waals surface area contributed by atoms with Gasteiger partial charge in [0, 0.05) is 12.6 Å². The fourth-order valence-corrected chi connectivity index (χ4v) is 2.10. The Balaban J connectivity index is 2.20. The maximum absolute atomic E-state index is 12.5. The summed E-state index contributed by atoms with van der Waals surface area (Å²) < 4.78 is 37.4. The van der Waals surface area contributed by atoms with E-state index in [-0.39, 0.29) is 5.91 Å². The molecule has 1 aromatic carbocycles. The molecule has 0 bridgehead atoms. The molecule has 1 aliphatic carbocycles. The molecular formula is C15H14F3NO. The van der Waals surface area contributed by atoms with Gasteiger partial charge < -0.3 is 5.32 Å². The molecule has 20 heavy (non-hydrogen) atoms. The van der Waals surface area contributed by atoms with Crippen LogP contribution in [0.4, 0.5) is 13.2 Å². The number of hydrogen-bond donors (Lipinski definition) is 1. The fraction of sp³-hybridized carbons (Fsp3) is 0.267. The topological polar surface area (TPSA) is 29.1 Å². The van der Waals surface area contributed by atoms with Crippen LogP contribution in [0, 0.1) is 0 Å². The Bertz CT molecular complexity index is 568. The van der Waals surface area contributed by atoms with Gasteiger partial charge in [0.25, 0.3) is 0 Å². The highest BCUT2D eigenvalue weighted by Gasteiger charge is 2.30. The van der Waals surface area contributed by atoms with Crippen molar-refractivity contribution < 1.29 is 18.0 Å². The van der Waals surface area contributed by atoms with Gasteiger partial charge in [0.2, 0.25) is 5.91 Å². The number of carbonyl (C=O) groups excluding carboxylic acids is 1. The molecule has 0 aliphatic heterocycles. The molecule has 0 saturated heterocycles. The zero-order valence-electron chi connectivity index (χ0n) is 10.9. The Labute approximate surface area is 115 Å². The highest BCUT2D eigenvalue weighted by molar-refractivity contribution is 5.94. The Morgan fingerprint density at radius 1 is 1.10 bits per heavy atom. The molecule has 1 aromatic rings. The molecular weight excluding hydrogens is 267 g/mol. The number of halogens is 3. The van der Waals surface area contributed by atoms with E-state index in [9.17, 15) is 18.0 Å². The summed E-state index contributed by atoms with van der Waals surface area (Å²) in [6.45, 7) is 0. The third kappa shape index (κ3) is 3.10. The maximum Gasteiger partial charge on any atom is 0.416 e. The normalized spacial score (nSPS) is 15.4. The van der Waals surface area contributed by atoms with E-state index in [1.807, 2.05) is 0 Å². The number of likely N-dealkylation sites (N-methyl/N-ethyl adjacent to an activating group) is 1. The van der Waals surface area contributed by atoms with E-state index >= 15 is 0 Å². The summed E-state index contributed by atoms with van der Waals surface area (Å²) in [7, 11) is 1.57. The van der Waals surface area contributed by atoms with Crippen LogP contribution in [-0.2, 0) is 11.0 Å². The van der Waals surface area contributed by atoms with Gasteiger partial charge in [-0.25, -0.2) is 0 Å². The lowest BCUT2D eigenvalue weighted by atomic mass is 9.92. The average molecular weight is 281 g/mol. The summed E-state index contributed by atoms with van der Waals surface area (Å²) in [6, 6.07) is 5.09. The quantitative estimate of drug-likeness (QED) is 0.882. The van der Waals surface area contributed by atoms with Gasteiger partial charge in [-0.1, -0.05) is 24.3 Å². The molecule has 106 valence electrons. The highest BCUT2D eigenvalue weighted by atomic mass is 19.4. The average Bonchev–Trinajstić information content (AvgIpc) is 2.46. The van der Waals surface area contributed by atoms with E-state index in [0.29, 0.717) is 18.4 Å². The van der Waals surface area contributed by atoms with Gasteiger partial charge in [0.1, 0.15) is 0 Å². The smallest absolute Gasteiger partial charge is 0.355 e.